The molecule has 1 saturated heterocycles. The summed E-state index contributed by atoms with van der Waals surface area (Å²) >= 11 is 1.94. The molecule has 2 unspecified atom stereocenters. The number of nitrogens with zero attached hydrogens (tertiary/aromatic N) is 1. The van der Waals surface area contributed by atoms with E-state index in [1.54, 1.807) is 0 Å². The van der Waals surface area contributed by atoms with Gasteiger partial charge in [-0.15, -0.1) is 0 Å². The summed E-state index contributed by atoms with van der Waals surface area (Å²) in [7, 11) is 0. The van der Waals surface area contributed by atoms with Crippen molar-refractivity contribution < 1.29 is 9.90 Å². The summed E-state index contributed by atoms with van der Waals surface area (Å²) < 4.78 is 0. The fourth-order valence-corrected chi connectivity index (χ4v) is 2.70. The summed E-state index contributed by atoms with van der Waals surface area (Å²) in [5.41, 5.74) is -0.490. The maximum atomic E-state index is 12.1. The van der Waals surface area contributed by atoms with Crippen molar-refractivity contribution in [1.29, 1.82) is 0 Å². The van der Waals surface area contributed by atoms with Gasteiger partial charge in [0.2, 0.25) is 5.91 Å². The van der Waals surface area contributed by atoms with E-state index in [2.05, 4.69) is 10.2 Å². The van der Waals surface area contributed by atoms with E-state index in [0.717, 1.165) is 31.0 Å². The average molecular weight is 260 g/mol. The molecule has 1 aliphatic rings. The van der Waals surface area contributed by atoms with Crippen LogP contribution in [-0.4, -0.2) is 58.7 Å². The van der Waals surface area contributed by atoms with Gasteiger partial charge < -0.3 is 10.4 Å². The predicted molar refractivity (Wildman–Crippen MR) is 72.3 cm³/mol. The Morgan fingerprint density at radius 3 is 2.59 bits per heavy atom. The van der Waals surface area contributed by atoms with Crippen molar-refractivity contribution in [2.45, 2.75) is 38.8 Å². The smallest absolute Gasteiger partial charge is 0.237 e. The average Bonchev–Trinajstić information content (AvgIpc) is 2.38. The van der Waals surface area contributed by atoms with E-state index in [1.807, 2.05) is 32.5 Å². The summed E-state index contributed by atoms with van der Waals surface area (Å²) in [4.78, 5) is 14.3. The zero-order valence-electron chi connectivity index (χ0n) is 11.0. The summed E-state index contributed by atoms with van der Waals surface area (Å²) in [6.07, 6.45) is 0.734. The van der Waals surface area contributed by atoms with E-state index >= 15 is 0 Å². The number of nitrogens with one attached hydrogen (secondary N) is 1. The Balaban J connectivity index is 2.50. The minimum Gasteiger partial charge on any atom is -0.394 e. The maximum absolute atomic E-state index is 12.1. The normalized spacial score (nSPS) is 22.8. The van der Waals surface area contributed by atoms with E-state index in [0.29, 0.717) is 0 Å². The van der Waals surface area contributed by atoms with Crippen LogP contribution >= 0.6 is 11.8 Å². The van der Waals surface area contributed by atoms with Crippen molar-refractivity contribution >= 4 is 17.7 Å². The highest BCUT2D eigenvalue weighted by Crippen LogP contribution is 2.14. The van der Waals surface area contributed by atoms with Crippen molar-refractivity contribution in [1.82, 2.24) is 10.2 Å². The molecule has 1 rings (SSSR count). The lowest BCUT2D eigenvalue weighted by Gasteiger charge is -2.34. The zero-order valence-corrected chi connectivity index (χ0v) is 11.8. The van der Waals surface area contributed by atoms with Gasteiger partial charge >= 0.3 is 0 Å². The Morgan fingerprint density at radius 2 is 2.12 bits per heavy atom. The first-order chi connectivity index (χ1) is 8.02. The van der Waals surface area contributed by atoms with Gasteiger partial charge in [-0.05, 0) is 20.3 Å². The number of hydrogen-bond acceptors (Lipinski definition) is 4. The van der Waals surface area contributed by atoms with Crippen LogP contribution in [0.25, 0.3) is 0 Å². The lowest BCUT2D eigenvalue weighted by Crippen LogP contribution is -2.55. The Morgan fingerprint density at radius 1 is 1.53 bits per heavy atom. The molecule has 1 fully saturated rings. The van der Waals surface area contributed by atoms with Gasteiger partial charge in [-0.2, -0.15) is 11.8 Å². The van der Waals surface area contributed by atoms with Gasteiger partial charge in [-0.25, -0.2) is 0 Å². The van der Waals surface area contributed by atoms with Crippen molar-refractivity contribution in [2.75, 3.05) is 31.2 Å². The largest absolute Gasteiger partial charge is 0.394 e. The SMILES string of the molecule is CCC(C)(CO)NC(=O)C(C)N1CCSCC1. The Labute approximate surface area is 108 Å². The number of aliphatic hydroxyl groups excluding tert-OH is 1. The van der Waals surface area contributed by atoms with Crippen molar-refractivity contribution in [3.8, 4) is 0 Å². The third kappa shape index (κ3) is 4.16. The molecule has 0 aromatic rings. The highest BCUT2D eigenvalue weighted by atomic mass is 32.2. The van der Waals surface area contributed by atoms with E-state index in [-0.39, 0.29) is 18.6 Å². The zero-order chi connectivity index (χ0) is 12.9. The van der Waals surface area contributed by atoms with Crippen LogP contribution in [-0.2, 0) is 4.79 Å². The van der Waals surface area contributed by atoms with Crippen molar-refractivity contribution in [2.24, 2.45) is 0 Å². The Kier molecular flexibility index (Phi) is 5.76. The topological polar surface area (TPSA) is 52.6 Å². The Bertz CT molecular complexity index is 251. The summed E-state index contributed by atoms with van der Waals surface area (Å²) in [6.45, 7) is 7.72. The lowest BCUT2D eigenvalue weighted by molar-refractivity contribution is -0.128. The van der Waals surface area contributed by atoms with Gasteiger partial charge in [-0.1, -0.05) is 6.92 Å². The first kappa shape index (κ1) is 14.8. The van der Waals surface area contributed by atoms with Gasteiger partial charge in [0.05, 0.1) is 18.2 Å². The van der Waals surface area contributed by atoms with E-state index < -0.39 is 5.54 Å². The van der Waals surface area contributed by atoms with Crippen LogP contribution in [0.15, 0.2) is 0 Å². The molecule has 0 aromatic heterocycles. The Hall–Kier alpha value is -0.260. The lowest BCUT2D eigenvalue weighted by atomic mass is 9.99. The van der Waals surface area contributed by atoms with Crippen LogP contribution in [0.5, 0.6) is 0 Å². The fourth-order valence-electron chi connectivity index (χ4n) is 1.77. The molecule has 1 heterocycles. The molecule has 0 radical (unpaired) electrons. The van der Waals surface area contributed by atoms with Gasteiger partial charge in [0, 0.05) is 24.6 Å². The second-order valence-electron chi connectivity index (χ2n) is 4.89. The van der Waals surface area contributed by atoms with Gasteiger partial charge in [0.1, 0.15) is 0 Å². The standard InChI is InChI=1S/C12H24N2O2S/c1-4-12(3,9-15)13-11(16)10(2)14-5-7-17-8-6-14/h10,15H,4-9H2,1-3H3,(H,13,16). The molecule has 0 spiro atoms. The van der Waals surface area contributed by atoms with Crippen LogP contribution in [0.4, 0.5) is 0 Å². The van der Waals surface area contributed by atoms with Gasteiger partial charge in [0.25, 0.3) is 0 Å². The van der Waals surface area contributed by atoms with Crippen molar-refractivity contribution in [3.63, 3.8) is 0 Å². The monoisotopic (exact) mass is 260 g/mol. The number of carbonyl (C=O) groups excluding carboxylic acids is 1. The van der Waals surface area contributed by atoms with Crippen LogP contribution in [0.2, 0.25) is 0 Å². The molecular formula is C12H24N2O2S. The van der Waals surface area contributed by atoms with Crippen LogP contribution in [0.3, 0.4) is 0 Å². The summed E-state index contributed by atoms with van der Waals surface area (Å²) in [5, 5.41) is 12.2. The van der Waals surface area contributed by atoms with Crippen LogP contribution in [0.1, 0.15) is 27.2 Å². The molecule has 100 valence electrons. The number of thioether (sulfide) groups is 1. The molecule has 0 bridgehead atoms. The van der Waals surface area contributed by atoms with Crippen molar-refractivity contribution in [3.05, 3.63) is 0 Å². The fraction of sp³-hybridized carbons (Fsp3) is 0.917. The first-order valence-corrected chi connectivity index (χ1v) is 7.42. The third-order valence-corrected chi connectivity index (χ3v) is 4.47. The molecule has 1 aliphatic heterocycles. The third-order valence-electron chi connectivity index (χ3n) is 3.53. The molecule has 0 aliphatic carbocycles. The van der Waals surface area contributed by atoms with Crippen LogP contribution < -0.4 is 5.32 Å². The number of rotatable bonds is 5. The molecule has 1 amide bonds. The summed E-state index contributed by atoms with van der Waals surface area (Å²) in [6, 6.07) is -0.103. The molecule has 4 nitrogen and oxygen atoms in total. The van der Waals surface area contributed by atoms with E-state index in [9.17, 15) is 9.90 Å². The van der Waals surface area contributed by atoms with Crippen LogP contribution in [0, 0.1) is 0 Å². The quantitative estimate of drug-likeness (QED) is 0.764. The van der Waals surface area contributed by atoms with E-state index in [4.69, 9.17) is 0 Å². The predicted octanol–water partition coefficient (Wildman–Crippen LogP) is 0.701. The number of amides is 1. The highest BCUT2D eigenvalue weighted by Gasteiger charge is 2.29. The number of hydrogen-bond donors (Lipinski definition) is 2. The molecule has 0 aromatic carbocycles. The molecule has 0 saturated carbocycles. The molecule has 17 heavy (non-hydrogen) atoms. The minimum absolute atomic E-state index is 0.0161. The molecule has 2 N–H and O–H groups in total. The number of aliphatic hydroxyl groups is 1. The molecular weight excluding hydrogens is 236 g/mol. The minimum atomic E-state index is -0.490. The van der Waals surface area contributed by atoms with E-state index in [1.165, 1.54) is 0 Å². The highest BCUT2D eigenvalue weighted by molar-refractivity contribution is 7.99. The van der Waals surface area contributed by atoms with Gasteiger partial charge in [-0.3, -0.25) is 9.69 Å². The number of carbonyl (C=O) groups is 1. The second-order valence-corrected chi connectivity index (χ2v) is 6.11. The van der Waals surface area contributed by atoms with Gasteiger partial charge in [0.15, 0.2) is 0 Å². The second kappa shape index (κ2) is 6.61. The molecule has 2 atom stereocenters. The maximum Gasteiger partial charge on any atom is 0.237 e. The first-order valence-electron chi connectivity index (χ1n) is 6.27. The molecule has 5 heteroatoms. The summed E-state index contributed by atoms with van der Waals surface area (Å²) in [5.74, 6) is 2.22.